The molecule has 0 bridgehead atoms. The lowest BCUT2D eigenvalue weighted by Crippen LogP contribution is -2.30. The zero-order valence-corrected chi connectivity index (χ0v) is 9.75. The molecule has 0 heterocycles. The minimum atomic E-state index is -1.10. The van der Waals surface area contributed by atoms with Crippen LogP contribution >= 0.6 is 0 Å². The number of nitrogens with zero attached hydrogens (tertiary/aromatic N) is 1. The first-order chi connectivity index (χ1) is 7.94. The van der Waals surface area contributed by atoms with Gasteiger partial charge in [-0.3, -0.25) is 4.79 Å². The third-order valence-corrected chi connectivity index (χ3v) is 1.88. The van der Waals surface area contributed by atoms with Gasteiger partial charge in [0.2, 0.25) is 0 Å². The standard InChI is InChI=1S/C12H15NO4/c1-12(2,15)8-17-11(13-16)10(14)9-6-4-3-5-7-9/h3-7,15-16H,8H2,1-2H3. The van der Waals surface area contributed by atoms with Gasteiger partial charge in [-0.25, -0.2) is 0 Å². The molecule has 92 valence electrons. The molecule has 0 aliphatic heterocycles. The van der Waals surface area contributed by atoms with Crippen LogP contribution in [0.2, 0.25) is 0 Å². The summed E-state index contributed by atoms with van der Waals surface area (Å²) < 4.78 is 4.97. The highest BCUT2D eigenvalue weighted by atomic mass is 16.5. The van der Waals surface area contributed by atoms with Crippen LogP contribution in [-0.2, 0) is 4.74 Å². The summed E-state index contributed by atoms with van der Waals surface area (Å²) in [4.78, 5) is 11.8. The summed E-state index contributed by atoms with van der Waals surface area (Å²) in [6.07, 6.45) is 0. The second-order valence-corrected chi connectivity index (χ2v) is 4.20. The molecular weight excluding hydrogens is 222 g/mol. The zero-order chi connectivity index (χ0) is 12.9. The van der Waals surface area contributed by atoms with Crippen LogP contribution in [0.25, 0.3) is 0 Å². The van der Waals surface area contributed by atoms with E-state index >= 15 is 0 Å². The second-order valence-electron chi connectivity index (χ2n) is 4.20. The lowest BCUT2D eigenvalue weighted by Gasteiger charge is -2.17. The average Bonchev–Trinajstić information content (AvgIpc) is 2.29. The Morgan fingerprint density at radius 1 is 1.35 bits per heavy atom. The first kappa shape index (κ1) is 13.2. The van der Waals surface area contributed by atoms with Crippen molar-refractivity contribution < 1.29 is 19.8 Å². The number of hydrogen-bond donors (Lipinski definition) is 2. The Labute approximate surface area is 99.3 Å². The molecule has 17 heavy (non-hydrogen) atoms. The van der Waals surface area contributed by atoms with Crippen molar-refractivity contribution in [2.45, 2.75) is 19.4 Å². The summed E-state index contributed by atoms with van der Waals surface area (Å²) in [5.41, 5.74) is -0.747. The van der Waals surface area contributed by atoms with Gasteiger partial charge in [0.05, 0.1) is 5.60 Å². The molecule has 1 aromatic carbocycles. The Bertz CT molecular complexity index is 406. The summed E-state index contributed by atoms with van der Waals surface area (Å²) in [6.45, 7) is 2.91. The topological polar surface area (TPSA) is 79.1 Å². The first-order valence-electron chi connectivity index (χ1n) is 5.11. The third kappa shape index (κ3) is 4.24. The molecule has 1 aromatic rings. The number of carbonyl (C=O) groups excluding carboxylic acids is 1. The Kier molecular flexibility index (Phi) is 4.23. The van der Waals surface area contributed by atoms with Gasteiger partial charge >= 0.3 is 0 Å². The van der Waals surface area contributed by atoms with Crippen molar-refractivity contribution in [2.24, 2.45) is 5.16 Å². The molecular formula is C12H15NO4. The molecule has 0 radical (unpaired) electrons. The maximum Gasteiger partial charge on any atom is 0.299 e. The highest BCUT2D eigenvalue weighted by molar-refractivity contribution is 6.42. The second kappa shape index (κ2) is 5.45. The molecule has 5 nitrogen and oxygen atoms in total. The highest BCUT2D eigenvalue weighted by Crippen LogP contribution is 2.06. The van der Waals surface area contributed by atoms with E-state index in [1.807, 2.05) is 0 Å². The van der Waals surface area contributed by atoms with Crippen molar-refractivity contribution in [3.8, 4) is 0 Å². The Balaban J connectivity index is 2.73. The SMILES string of the molecule is CC(C)(O)COC(=NO)C(=O)c1ccccc1. The number of hydrogen-bond acceptors (Lipinski definition) is 5. The van der Waals surface area contributed by atoms with Crippen LogP contribution in [0, 0.1) is 0 Å². The lowest BCUT2D eigenvalue weighted by atomic mass is 10.1. The minimum Gasteiger partial charge on any atom is -0.470 e. The molecule has 0 aliphatic rings. The molecule has 0 atom stereocenters. The normalized spacial score (nSPS) is 12.3. The highest BCUT2D eigenvalue weighted by Gasteiger charge is 2.20. The van der Waals surface area contributed by atoms with Crippen LogP contribution in [0.15, 0.2) is 35.5 Å². The smallest absolute Gasteiger partial charge is 0.299 e. The molecule has 5 heteroatoms. The monoisotopic (exact) mass is 237 g/mol. The summed E-state index contributed by atoms with van der Waals surface area (Å²) in [7, 11) is 0. The average molecular weight is 237 g/mol. The summed E-state index contributed by atoms with van der Waals surface area (Å²) in [5.74, 6) is -0.962. The predicted molar refractivity (Wildman–Crippen MR) is 62.2 cm³/mol. The van der Waals surface area contributed by atoms with Gasteiger partial charge in [-0.15, -0.1) is 0 Å². The van der Waals surface area contributed by atoms with Crippen LogP contribution in [0.3, 0.4) is 0 Å². The number of Topliss-reactive ketones (excluding diaryl/α,β-unsaturated/α-hetero) is 1. The van der Waals surface area contributed by atoms with E-state index in [-0.39, 0.29) is 6.61 Å². The van der Waals surface area contributed by atoms with E-state index in [1.165, 1.54) is 13.8 Å². The number of ketones is 1. The zero-order valence-electron chi connectivity index (χ0n) is 9.75. The van der Waals surface area contributed by atoms with E-state index in [1.54, 1.807) is 30.3 Å². The van der Waals surface area contributed by atoms with E-state index in [2.05, 4.69) is 5.16 Å². The Hall–Kier alpha value is -1.88. The van der Waals surface area contributed by atoms with Gasteiger partial charge in [0.15, 0.2) is 0 Å². The number of benzene rings is 1. The minimum absolute atomic E-state index is 0.134. The largest absolute Gasteiger partial charge is 0.470 e. The van der Waals surface area contributed by atoms with Crippen molar-refractivity contribution in [1.29, 1.82) is 0 Å². The van der Waals surface area contributed by atoms with Gasteiger partial charge in [0.25, 0.3) is 11.7 Å². The fourth-order valence-electron chi connectivity index (χ4n) is 1.10. The van der Waals surface area contributed by atoms with Gasteiger partial charge in [-0.1, -0.05) is 30.3 Å². The molecule has 0 fully saturated rings. The Morgan fingerprint density at radius 2 is 1.94 bits per heavy atom. The maximum atomic E-state index is 11.8. The van der Waals surface area contributed by atoms with Gasteiger partial charge in [0.1, 0.15) is 6.61 Å². The van der Waals surface area contributed by atoms with Gasteiger partial charge in [-0.05, 0) is 19.0 Å². The quantitative estimate of drug-likeness (QED) is 0.273. The molecule has 0 aromatic heterocycles. The molecule has 0 spiro atoms. The maximum absolute atomic E-state index is 11.8. The summed E-state index contributed by atoms with van der Waals surface area (Å²) in [6, 6.07) is 8.32. The fraction of sp³-hybridized carbons (Fsp3) is 0.333. The fourth-order valence-corrected chi connectivity index (χ4v) is 1.10. The molecule has 0 saturated heterocycles. The van der Waals surface area contributed by atoms with E-state index < -0.39 is 17.3 Å². The summed E-state index contributed by atoms with van der Waals surface area (Å²) >= 11 is 0. The van der Waals surface area contributed by atoms with Crippen molar-refractivity contribution in [3.63, 3.8) is 0 Å². The molecule has 0 saturated carbocycles. The van der Waals surface area contributed by atoms with Crippen molar-refractivity contribution in [2.75, 3.05) is 6.61 Å². The predicted octanol–water partition coefficient (Wildman–Crippen LogP) is 1.44. The third-order valence-electron chi connectivity index (χ3n) is 1.88. The lowest BCUT2D eigenvalue weighted by molar-refractivity contribution is 0.0215. The Morgan fingerprint density at radius 3 is 2.41 bits per heavy atom. The van der Waals surface area contributed by atoms with Crippen LogP contribution in [0.5, 0.6) is 0 Å². The molecule has 1 rings (SSSR count). The van der Waals surface area contributed by atoms with Gasteiger partial charge in [-0.2, -0.15) is 0 Å². The number of carbonyl (C=O) groups is 1. The van der Waals surface area contributed by atoms with Crippen molar-refractivity contribution in [1.82, 2.24) is 0 Å². The van der Waals surface area contributed by atoms with Gasteiger partial charge in [0, 0.05) is 5.56 Å². The van der Waals surface area contributed by atoms with Crippen molar-refractivity contribution in [3.05, 3.63) is 35.9 Å². The molecule has 0 amide bonds. The van der Waals surface area contributed by atoms with E-state index in [0.717, 1.165) is 0 Å². The van der Waals surface area contributed by atoms with Crippen LogP contribution < -0.4 is 0 Å². The molecule has 2 N–H and O–H groups in total. The number of rotatable bonds is 4. The van der Waals surface area contributed by atoms with E-state index in [4.69, 9.17) is 9.94 Å². The van der Waals surface area contributed by atoms with E-state index in [9.17, 15) is 9.90 Å². The molecule has 0 unspecified atom stereocenters. The molecule has 0 aliphatic carbocycles. The number of oxime groups is 1. The number of ether oxygens (including phenoxy) is 1. The van der Waals surface area contributed by atoms with Crippen LogP contribution in [0.1, 0.15) is 24.2 Å². The van der Waals surface area contributed by atoms with Crippen molar-refractivity contribution >= 4 is 11.7 Å². The van der Waals surface area contributed by atoms with E-state index in [0.29, 0.717) is 5.56 Å². The van der Waals surface area contributed by atoms with Gasteiger partial charge < -0.3 is 15.1 Å². The number of aliphatic hydroxyl groups is 1. The van der Waals surface area contributed by atoms with Crippen LogP contribution in [-0.4, -0.2) is 34.2 Å². The summed E-state index contributed by atoms with van der Waals surface area (Å²) in [5, 5.41) is 21.0. The van der Waals surface area contributed by atoms with Crippen LogP contribution in [0.4, 0.5) is 0 Å². The first-order valence-corrected chi connectivity index (χ1v) is 5.11.